The largest absolute Gasteiger partial charge is 0.370 e. The number of hydrogen-bond acceptors (Lipinski definition) is 3. The van der Waals surface area contributed by atoms with E-state index >= 15 is 0 Å². The maximum Gasteiger partial charge on any atom is 0.134 e. The molecule has 1 saturated carbocycles. The van der Waals surface area contributed by atoms with E-state index in [0.29, 0.717) is 5.92 Å². The van der Waals surface area contributed by atoms with Crippen molar-refractivity contribution in [2.24, 2.45) is 0 Å². The van der Waals surface area contributed by atoms with E-state index in [1.807, 2.05) is 0 Å². The van der Waals surface area contributed by atoms with Crippen molar-refractivity contribution in [2.45, 2.75) is 78.1 Å². The predicted octanol–water partition coefficient (Wildman–Crippen LogP) is 4.61. The highest BCUT2D eigenvalue weighted by atomic mass is 15.0. The average Bonchev–Trinajstić information content (AvgIpc) is 2.41. The third-order valence-electron chi connectivity index (χ3n) is 4.41. The lowest BCUT2D eigenvalue weighted by molar-refractivity contribution is 0.441. The van der Waals surface area contributed by atoms with Crippen molar-refractivity contribution < 1.29 is 0 Å². The average molecular weight is 275 g/mol. The maximum atomic E-state index is 4.88. The molecule has 0 spiro atoms. The van der Waals surface area contributed by atoms with E-state index in [-0.39, 0.29) is 0 Å². The summed E-state index contributed by atoms with van der Waals surface area (Å²) >= 11 is 0. The van der Waals surface area contributed by atoms with Gasteiger partial charge in [0.1, 0.15) is 11.6 Å². The zero-order chi connectivity index (χ0) is 14.4. The molecule has 3 nitrogen and oxygen atoms in total. The fraction of sp³-hybridized carbons (Fsp3) is 0.765. The maximum absolute atomic E-state index is 4.88. The summed E-state index contributed by atoms with van der Waals surface area (Å²) < 4.78 is 0. The zero-order valence-corrected chi connectivity index (χ0v) is 13.3. The molecule has 1 aliphatic carbocycles. The van der Waals surface area contributed by atoms with Crippen molar-refractivity contribution in [1.82, 2.24) is 9.97 Å². The first-order valence-corrected chi connectivity index (χ1v) is 8.37. The molecular weight excluding hydrogens is 246 g/mol. The van der Waals surface area contributed by atoms with E-state index < -0.39 is 0 Å². The second-order valence-corrected chi connectivity index (χ2v) is 5.93. The van der Waals surface area contributed by atoms with Gasteiger partial charge in [-0.2, -0.15) is 0 Å². The molecule has 0 amide bonds. The van der Waals surface area contributed by atoms with Crippen LogP contribution in [0.4, 0.5) is 5.82 Å². The van der Waals surface area contributed by atoms with Crippen molar-refractivity contribution >= 4 is 5.82 Å². The Labute approximate surface area is 123 Å². The van der Waals surface area contributed by atoms with Gasteiger partial charge in [-0.25, -0.2) is 9.97 Å². The number of hydrogen-bond donors (Lipinski definition) is 1. The normalized spacial score (nSPS) is 17.6. The second kappa shape index (κ2) is 7.61. The lowest BCUT2D eigenvalue weighted by Gasteiger charge is -2.21. The van der Waals surface area contributed by atoms with Gasteiger partial charge >= 0.3 is 0 Å². The van der Waals surface area contributed by atoms with Gasteiger partial charge in [0.2, 0.25) is 0 Å². The molecule has 112 valence electrons. The summed E-state index contributed by atoms with van der Waals surface area (Å²) in [6.45, 7) is 7.37. The van der Waals surface area contributed by atoms with Gasteiger partial charge < -0.3 is 5.32 Å². The van der Waals surface area contributed by atoms with Crippen LogP contribution in [0.2, 0.25) is 0 Å². The number of aryl methyl sites for hydroxylation is 1. The molecule has 0 aromatic carbocycles. The Balaban J connectivity index is 2.26. The van der Waals surface area contributed by atoms with Crippen LogP contribution in [0.15, 0.2) is 0 Å². The van der Waals surface area contributed by atoms with Gasteiger partial charge in [-0.05, 0) is 33.1 Å². The van der Waals surface area contributed by atoms with Gasteiger partial charge in [0.25, 0.3) is 0 Å². The van der Waals surface area contributed by atoms with Crippen LogP contribution in [-0.2, 0) is 6.42 Å². The fourth-order valence-electron chi connectivity index (χ4n) is 3.16. The third-order valence-corrected chi connectivity index (χ3v) is 4.41. The lowest BCUT2D eigenvalue weighted by Crippen LogP contribution is -2.13. The fourth-order valence-corrected chi connectivity index (χ4v) is 3.16. The van der Waals surface area contributed by atoms with Crippen LogP contribution < -0.4 is 5.32 Å². The highest BCUT2D eigenvalue weighted by Gasteiger charge is 2.19. The molecule has 1 N–H and O–H groups in total. The standard InChI is InChI=1S/C17H29N3/c1-4-15-13(3)16(18-5-2)20-17(19-15)14-11-9-7-6-8-10-12-14/h14H,4-12H2,1-3H3,(H,18,19,20). The highest BCUT2D eigenvalue weighted by molar-refractivity contribution is 5.46. The molecule has 1 aliphatic rings. The molecule has 0 aliphatic heterocycles. The zero-order valence-electron chi connectivity index (χ0n) is 13.3. The SMILES string of the molecule is CCNc1nc(C2CCCCCCC2)nc(CC)c1C. The molecule has 1 aromatic heterocycles. The van der Waals surface area contributed by atoms with Crippen molar-refractivity contribution in [3.8, 4) is 0 Å². The quantitative estimate of drug-likeness (QED) is 0.872. The minimum absolute atomic E-state index is 0.568. The van der Waals surface area contributed by atoms with Gasteiger partial charge in [-0.1, -0.05) is 39.0 Å². The van der Waals surface area contributed by atoms with E-state index in [4.69, 9.17) is 9.97 Å². The van der Waals surface area contributed by atoms with Crippen molar-refractivity contribution in [3.63, 3.8) is 0 Å². The first kappa shape index (κ1) is 15.3. The van der Waals surface area contributed by atoms with Gasteiger partial charge in [-0.3, -0.25) is 0 Å². The summed E-state index contributed by atoms with van der Waals surface area (Å²) in [7, 11) is 0. The summed E-state index contributed by atoms with van der Waals surface area (Å²) in [6.07, 6.45) is 10.3. The Hall–Kier alpha value is -1.12. The molecule has 1 fully saturated rings. The summed E-state index contributed by atoms with van der Waals surface area (Å²) in [5, 5.41) is 3.41. The number of anilines is 1. The Kier molecular flexibility index (Phi) is 5.81. The first-order valence-electron chi connectivity index (χ1n) is 8.37. The van der Waals surface area contributed by atoms with Gasteiger partial charge in [0.15, 0.2) is 0 Å². The summed E-state index contributed by atoms with van der Waals surface area (Å²) in [6, 6.07) is 0. The first-order chi connectivity index (χ1) is 9.76. The molecule has 3 heteroatoms. The van der Waals surface area contributed by atoms with E-state index in [9.17, 15) is 0 Å². The second-order valence-electron chi connectivity index (χ2n) is 5.93. The lowest BCUT2D eigenvalue weighted by atomic mass is 9.90. The van der Waals surface area contributed by atoms with Crippen LogP contribution in [-0.4, -0.2) is 16.5 Å². The Bertz CT molecular complexity index is 420. The molecule has 2 rings (SSSR count). The van der Waals surface area contributed by atoms with Crippen molar-refractivity contribution in [1.29, 1.82) is 0 Å². The third kappa shape index (κ3) is 3.71. The Morgan fingerprint density at radius 2 is 1.65 bits per heavy atom. The molecule has 0 radical (unpaired) electrons. The molecular formula is C17H29N3. The number of nitrogens with zero attached hydrogens (tertiary/aromatic N) is 2. The van der Waals surface area contributed by atoms with Crippen LogP contribution in [0.25, 0.3) is 0 Å². The molecule has 1 heterocycles. The van der Waals surface area contributed by atoms with Crippen LogP contribution in [0.3, 0.4) is 0 Å². The number of rotatable bonds is 4. The molecule has 0 atom stereocenters. The topological polar surface area (TPSA) is 37.8 Å². The van der Waals surface area contributed by atoms with E-state index in [0.717, 1.165) is 24.6 Å². The molecule has 0 bridgehead atoms. The Morgan fingerprint density at radius 3 is 2.25 bits per heavy atom. The van der Waals surface area contributed by atoms with Gasteiger partial charge in [-0.15, -0.1) is 0 Å². The Morgan fingerprint density at radius 1 is 1.00 bits per heavy atom. The van der Waals surface area contributed by atoms with Gasteiger partial charge in [0, 0.05) is 23.7 Å². The van der Waals surface area contributed by atoms with E-state index in [2.05, 4.69) is 26.1 Å². The van der Waals surface area contributed by atoms with Crippen LogP contribution in [0.1, 0.15) is 81.8 Å². The molecule has 20 heavy (non-hydrogen) atoms. The van der Waals surface area contributed by atoms with Gasteiger partial charge in [0.05, 0.1) is 0 Å². The summed E-state index contributed by atoms with van der Waals surface area (Å²) in [5.74, 6) is 2.71. The van der Waals surface area contributed by atoms with E-state index in [1.165, 1.54) is 56.2 Å². The molecule has 1 aromatic rings. The van der Waals surface area contributed by atoms with Crippen LogP contribution in [0, 0.1) is 6.92 Å². The summed E-state index contributed by atoms with van der Waals surface area (Å²) in [5.41, 5.74) is 2.44. The van der Waals surface area contributed by atoms with Crippen molar-refractivity contribution in [3.05, 3.63) is 17.1 Å². The number of aromatic nitrogens is 2. The summed E-state index contributed by atoms with van der Waals surface area (Å²) in [4.78, 5) is 9.72. The van der Waals surface area contributed by atoms with Crippen LogP contribution >= 0.6 is 0 Å². The minimum Gasteiger partial charge on any atom is -0.370 e. The monoisotopic (exact) mass is 275 g/mol. The molecule has 0 unspecified atom stereocenters. The molecule has 0 saturated heterocycles. The van der Waals surface area contributed by atoms with Crippen molar-refractivity contribution in [2.75, 3.05) is 11.9 Å². The van der Waals surface area contributed by atoms with E-state index in [1.54, 1.807) is 0 Å². The number of nitrogens with one attached hydrogen (secondary N) is 1. The smallest absolute Gasteiger partial charge is 0.134 e. The highest BCUT2D eigenvalue weighted by Crippen LogP contribution is 2.30. The minimum atomic E-state index is 0.568. The predicted molar refractivity (Wildman–Crippen MR) is 85.4 cm³/mol. The van der Waals surface area contributed by atoms with Crippen LogP contribution in [0.5, 0.6) is 0 Å².